The van der Waals surface area contributed by atoms with Gasteiger partial charge in [0.25, 0.3) is 0 Å². The molecule has 0 radical (unpaired) electrons. The highest BCUT2D eigenvalue weighted by atomic mass is 35.5. The quantitative estimate of drug-likeness (QED) is 0.619. The molecule has 2 nitrogen and oxygen atoms in total. The lowest BCUT2D eigenvalue weighted by Crippen LogP contribution is -2.60. The summed E-state index contributed by atoms with van der Waals surface area (Å²) < 4.78 is 0. The molecule has 68 valence electrons. The number of piperidine rings is 1. The number of hydrogen-bond acceptors (Lipinski definition) is 2. The maximum Gasteiger partial charge on any atom is 0.0132 e. The van der Waals surface area contributed by atoms with E-state index in [1.54, 1.807) is 0 Å². The van der Waals surface area contributed by atoms with Crippen LogP contribution in [0.1, 0.15) is 6.42 Å². The van der Waals surface area contributed by atoms with Gasteiger partial charge >= 0.3 is 0 Å². The van der Waals surface area contributed by atoms with Crippen molar-refractivity contribution in [2.45, 2.75) is 12.5 Å². The first-order valence-corrected chi connectivity index (χ1v) is 3.78. The fourth-order valence-electron chi connectivity index (χ4n) is 1.83. The zero-order valence-corrected chi connectivity index (χ0v) is 8.38. The van der Waals surface area contributed by atoms with Crippen LogP contribution >= 0.6 is 24.8 Å². The zero-order chi connectivity index (χ0) is 6.27. The van der Waals surface area contributed by atoms with Crippen molar-refractivity contribution in [1.29, 1.82) is 0 Å². The van der Waals surface area contributed by atoms with Crippen molar-refractivity contribution in [1.82, 2.24) is 10.2 Å². The SMILES string of the molecule is CN1CCC2NCC2C1.Cl.Cl. The van der Waals surface area contributed by atoms with E-state index in [2.05, 4.69) is 17.3 Å². The van der Waals surface area contributed by atoms with Crippen molar-refractivity contribution in [3.8, 4) is 0 Å². The summed E-state index contributed by atoms with van der Waals surface area (Å²) in [6.07, 6.45) is 1.36. The average Bonchev–Trinajstić information content (AvgIpc) is 1.78. The molecule has 0 aromatic carbocycles. The van der Waals surface area contributed by atoms with E-state index < -0.39 is 0 Å². The Bertz CT molecular complexity index is 121. The molecule has 2 aliphatic rings. The van der Waals surface area contributed by atoms with Crippen LogP contribution in [-0.4, -0.2) is 37.6 Å². The number of fused-ring (bicyclic) bond motifs is 1. The Labute approximate surface area is 80.5 Å². The zero-order valence-electron chi connectivity index (χ0n) is 6.75. The Morgan fingerprint density at radius 1 is 1.36 bits per heavy atom. The van der Waals surface area contributed by atoms with Crippen molar-refractivity contribution >= 4 is 24.8 Å². The molecule has 0 aromatic heterocycles. The van der Waals surface area contributed by atoms with Gasteiger partial charge in [0.15, 0.2) is 0 Å². The van der Waals surface area contributed by atoms with Gasteiger partial charge in [-0.25, -0.2) is 0 Å². The van der Waals surface area contributed by atoms with Gasteiger partial charge in [0, 0.05) is 19.1 Å². The second-order valence-corrected chi connectivity index (χ2v) is 3.33. The minimum atomic E-state index is 0. The van der Waals surface area contributed by atoms with Crippen molar-refractivity contribution in [2.75, 3.05) is 26.7 Å². The summed E-state index contributed by atoms with van der Waals surface area (Å²) in [5, 5.41) is 3.44. The largest absolute Gasteiger partial charge is 0.313 e. The number of hydrogen-bond donors (Lipinski definition) is 1. The average molecular weight is 199 g/mol. The number of likely N-dealkylation sites (tertiary alicyclic amines) is 1. The maximum atomic E-state index is 3.44. The van der Waals surface area contributed by atoms with Gasteiger partial charge in [-0.15, -0.1) is 24.8 Å². The summed E-state index contributed by atoms with van der Waals surface area (Å²) in [7, 11) is 2.22. The van der Waals surface area contributed by atoms with Crippen molar-refractivity contribution in [2.24, 2.45) is 5.92 Å². The lowest BCUT2D eigenvalue weighted by Gasteiger charge is -2.45. The highest BCUT2D eigenvalue weighted by Gasteiger charge is 2.33. The Morgan fingerprint density at radius 2 is 2.09 bits per heavy atom. The molecule has 0 bridgehead atoms. The molecule has 2 saturated heterocycles. The smallest absolute Gasteiger partial charge is 0.0132 e. The first kappa shape index (κ1) is 11.5. The highest BCUT2D eigenvalue weighted by molar-refractivity contribution is 5.85. The molecule has 2 fully saturated rings. The summed E-state index contributed by atoms with van der Waals surface area (Å²) in [6, 6.07) is 0.876. The Balaban J connectivity index is 0.000000500. The van der Waals surface area contributed by atoms with Gasteiger partial charge in [-0.05, 0) is 25.9 Å². The number of rotatable bonds is 0. The molecule has 0 aromatic rings. The molecular weight excluding hydrogens is 183 g/mol. The van der Waals surface area contributed by atoms with E-state index in [1.165, 1.54) is 26.1 Å². The van der Waals surface area contributed by atoms with Crippen LogP contribution in [0.5, 0.6) is 0 Å². The summed E-state index contributed by atoms with van der Waals surface area (Å²) in [4.78, 5) is 2.43. The van der Waals surface area contributed by atoms with E-state index in [1.807, 2.05) is 0 Å². The van der Waals surface area contributed by atoms with E-state index in [4.69, 9.17) is 0 Å². The molecule has 2 heterocycles. The Hall–Kier alpha value is 0.500. The fraction of sp³-hybridized carbons (Fsp3) is 1.00. The molecule has 0 amide bonds. The van der Waals surface area contributed by atoms with E-state index in [0.29, 0.717) is 0 Å². The van der Waals surface area contributed by atoms with Crippen LogP contribution in [0, 0.1) is 5.92 Å². The van der Waals surface area contributed by atoms with Gasteiger partial charge < -0.3 is 10.2 Å². The Kier molecular flexibility index (Phi) is 4.71. The van der Waals surface area contributed by atoms with Gasteiger partial charge in [-0.3, -0.25) is 0 Å². The molecular formula is C7H16Cl2N2. The number of nitrogens with zero attached hydrogens (tertiary/aromatic N) is 1. The van der Waals surface area contributed by atoms with Crippen LogP contribution in [0.4, 0.5) is 0 Å². The molecule has 2 rings (SSSR count). The molecule has 0 saturated carbocycles. The van der Waals surface area contributed by atoms with Crippen molar-refractivity contribution in [3.05, 3.63) is 0 Å². The standard InChI is InChI=1S/C7H14N2.2ClH/c1-9-3-2-7-6(5-9)4-8-7;;/h6-8H,2-5H2,1H3;2*1H. The third-order valence-corrected chi connectivity index (χ3v) is 2.58. The molecule has 1 N–H and O–H groups in total. The van der Waals surface area contributed by atoms with Crippen LogP contribution in [0.25, 0.3) is 0 Å². The predicted molar refractivity (Wildman–Crippen MR) is 51.9 cm³/mol. The van der Waals surface area contributed by atoms with Crippen LogP contribution in [0.2, 0.25) is 0 Å². The third-order valence-electron chi connectivity index (χ3n) is 2.58. The van der Waals surface area contributed by atoms with E-state index in [0.717, 1.165) is 12.0 Å². The van der Waals surface area contributed by atoms with E-state index >= 15 is 0 Å². The fourth-order valence-corrected chi connectivity index (χ4v) is 1.83. The minimum Gasteiger partial charge on any atom is -0.313 e. The first-order valence-electron chi connectivity index (χ1n) is 3.78. The second-order valence-electron chi connectivity index (χ2n) is 3.33. The minimum absolute atomic E-state index is 0. The van der Waals surface area contributed by atoms with Gasteiger partial charge in [0.1, 0.15) is 0 Å². The van der Waals surface area contributed by atoms with Crippen molar-refractivity contribution in [3.63, 3.8) is 0 Å². The topological polar surface area (TPSA) is 15.3 Å². The number of halogens is 2. The van der Waals surface area contributed by atoms with Gasteiger partial charge in [0.2, 0.25) is 0 Å². The lowest BCUT2D eigenvalue weighted by molar-refractivity contribution is 0.101. The third kappa shape index (κ3) is 2.22. The van der Waals surface area contributed by atoms with Crippen LogP contribution in [0.3, 0.4) is 0 Å². The van der Waals surface area contributed by atoms with E-state index in [9.17, 15) is 0 Å². The summed E-state index contributed by atoms with van der Waals surface area (Å²) >= 11 is 0. The van der Waals surface area contributed by atoms with Gasteiger partial charge in [0.05, 0.1) is 0 Å². The monoisotopic (exact) mass is 198 g/mol. The second kappa shape index (κ2) is 4.51. The van der Waals surface area contributed by atoms with Gasteiger partial charge in [-0.2, -0.15) is 0 Å². The molecule has 0 aliphatic carbocycles. The van der Waals surface area contributed by atoms with Crippen LogP contribution in [-0.2, 0) is 0 Å². The Morgan fingerprint density at radius 3 is 2.45 bits per heavy atom. The van der Waals surface area contributed by atoms with Crippen molar-refractivity contribution < 1.29 is 0 Å². The van der Waals surface area contributed by atoms with Crippen LogP contribution < -0.4 is 5.32 Å². The predicted octanol–water partition coefficient (Wildman–Crippen LogP) is 0.753. The molecule has 0 spiro atoms. The summed E-state index contributed by atoms with van der Waals surface area (Å²) in [5.74, 6) is 0.976. The number of nitrogens with one attached hydrogen (secondary N) is 1. The van der Waals surface area contributed by atoms with Gasteiger partial charge in [-0.1, -0.05) is 0 Å². The molecule has 11 heavy (non-hydrogen) atoms. The molecule has 4 heteroatoms. The summed E-state index contributed by atoms with van der Waals surface area (Å²) in [6.45, 7) is 3.86. The normalized spacial score (nSPS) is 35.7. The van der Waals surface area contributed by atoms with E-state index in [-0.39, 0.29) is 24.8 Å². The van der Waals surface area contributed by atoms with Crippen LogP contribution in [0.15, 0.2) is 0 Å². The highest BCUT2D eigenvalue weighted by Crippen LogP contribution is 2.21. The summed E-state index contributed by atoms with van der Waals surface area (Å²) in [5.41, 5.74) is 0. The first-order chi connectivity index (χ1) is 4.36. The lowest BCUT2D eigenvalue weighted by atomic mass is 9.86. The molecule has 2 atom stereocenters. The molecule has 2 unspecified atom stereocenters. The maximum absolute atomic E-state index is 3.44. The molecule has 2 aliphatic heterocycles.